The lowest BCUT2D eigenvalue weighted by molar-refractivity contribution is 0.0955. The SMILES string of the molecule is Cc1cc(C(=O)NCc2cccc(NC(=O)N3CCCC3)c2)sc1C. The lowest BCUT2D eigenvalue weighted by Crippen LogP contribution is -2.32. The summed E-state index contributed by atoms with van der Waals surface area (Å²) in [6.45, 7) is 6.10. The van der Waals surface area contributed by atoms with E-state index < -0.39 is 0 Å². The Morgan fingerprint density at radius 3 is 2.60 bits per heavy atom. The highest BCUT2D eigenvalue weighted by atomic mass is 32.1. The van der Waals surface area contributed by atoms with Gasteiger partial charge in [0.05, 0.1) is 4.88 Å². The number of carbonyl (C=O) groups excluding carboxylic acids is 2. The zero-order valence-corrected chi connectivity index (χ0v) is 15.4. The van der Waals surface area contributed by atoms with Crippen LogP contribution in [-0.2, 0) is 6.54 Å². The third kappa shape index (κ3) is 4.39. The Morgan fingerprint density at radius 2 is 1.92 bits per heavy atom. The number of nitrogens with one attached hydrogen (secondary N) is 2. The van der Waals surface area contributed by atoms with Gasteiger partial charge in [0.2, 0.25) is 0 Å². The average Bonchev–Trinajstić information content (AvgIpc) is 3.24. The number of anilines is 1. The zero-order valence-electron chi connectivity index (χ0n) is 14.6. The Morgan fingerprint density at radius 1 is 1.16 bits per heavy atom. The fourth-order valence-corrected chi connectivity index (χ4v) is 3.79. The summed E-state index contributed by atoms with van der Waals surface area (Å²) in [6.07, 6.45) is 2.14. The topological polar surface area (TPSA) is 61.4 Å². The van der Waals surface area contributed by atoms with Crippen molar-refractivity contribution in [3.63, 3.8) is 0 Å². The largest absolute Gasteiger partial charge is 0.347 e. The van der Waals surface area contributed by atoms with Crippen LogP contribution in [0.5, 0.6) is 0 Å². The molecule has 0 atom stereocenters. The fraction of sp³-hybridized carbons (Fsp3) is 0.368. The van der Waals surface area contributed by atoms with Gasteiger partial charge < -0.3 is 15.5 Å². The standard InChI is InChI=1S/C19H23N3O2S/c1-13-10-17(25-14(13)2)18(23)20-12-15-6-5-7-16(11-15)21-19(24)22-8-3-4-9-22/h5-7,10-11H,3-4,8-9,12H2,1-2H3,(H,20,23)(H,21,24). The predicted octanol–water partition coefficient (Wildman–Crippen LogP) is 3.92. The molecule has 3 rings (SSSR count). The van der Waals surface area contributed by atoms with E-state index in [4.69, 9.17) is 0 Å². The molecule has 1 aromatic carbocycles. The molecule has 0 unspecified atom stereocenters. The molecule has 0 radical (unpaired) electrons. The molecule has 0 spiro atoms. The Labute approximate surface area is 152 Å². The van der Waals surface area contributed by atoms with Gasteiger partial charge in [0.15, 0.2) is 0 Å². The smallest absolute Gasteiger partial charge is 0.321 e. The summed E-state index contributed by atoms with van der Waals surface area (Å²) in [5.41, 5.74) is 2.85. The zero-order chi connectivity index (χ0) is 17.8. The molecule has 6 heteroatoms. The Balaban J connectivity index is 1.57. The van der Waals surface area contributed by atoms with E-state index in [2.05, 4.69) is 10.6 Å². The summed E-state index contributed by atoms with van der Waals surface area (Å²) in [6, 6.07) is 9.47. The van der Waals surface area contributed by atoms with Crippen LogP contribution in [0.4, 0.5) is 10.5 Å². The van der Waals surface area contributed by atoms with Gasteiger partial charge in [0.1, 0.15) is 0 Å². The maximum Gasteiger partial charge on any atom is 0.321 e. The molecule has 0 saturated carbocycles. The molecule has 2 aromatic rings. The van der Waals surface area contributed by atoms with Crippen LogP contribution in [0.1, 0.15) is 38.5 Å². The predicted molar refractivity (Wildman–Crippen MR) is 101 cm³/mol. The maximum atomic E-state index is 12.2. The van der Waals surface area contributed by atoms with Crippen molar-refractivity contribution in [2.24, 2.45) is 0 Å². The molecular weight excluding hydrogens is 334 g/mol. The number of urea groups is 1. The molecule has 25 heavy (non-hydrogen) atoms. The van der Waals surface area contributed by atoms with E-state index in [-0.39, 0.29) is 11.9 Å². The highest BCUT2D eigenvalue weighted by Crippen LogP contribution is 2.20. The van der Waals surface area contributed by atoms with Gasteiger partial charge in [-0.15, -0.1) is 11.3 Å². The molecule has 1 aliphatic heterocycles. The number of likely N-dealkylation sites (tertiary alicyclic amines) is 1. The van der Waals surface area contributed by atoms with Crippen LogP contribution in [0.25, 0.3) is 0 Å². The molecule has 2 heterocycles. The first kappa shape index (κ1) is 17.5. The lowest BCUT2D eigenvalue weighted by Gasteiger charge is -2.16. The number of amides is 3. The highest BCUT2D eigenvalue weighted by Gasteiger charge is 2.17. The first-order valence-corrected chi connectivity index (χ1v) is 9.34. The second-order valence-corrected chi connectivity index (χ2v) is 7.61. The Hall–Kier alpha value is -2.34. The molecular formula is C19H23N3O2S. The van der Waals surface area contributed by atoms with Gasteiger partial charge in [-0.05, 0) is 56.0 Å². The van der Waals surface area contributed by atoms with Crippen LogP contribution in [0, 0.1) is 13.8 Å². The van der Waals surface area contributed by atoms with Crippen molar-refractivity contribution >= 4 is 29.0 Å². The minimum absolute atomic E-state index is 0.0526. The van der Waals surface area contributed by atoms with Crippen LogP contribution >= 0.6 is 11.3 Å². The van der Waals surface area contributed by atoms with Gasteiger partial charge in [-0.3, -0.25) is 4.79 Å². The first-order chi connectivity index (χ1) is 12.0. The molecule has 1 aliphatic rings. The van der Waals surface area contributed by atoms with Crippen molar-refractivity contribution in [3.05, 3.63) is 51.2 Å². The monoisotopic (exact) mass is 357 g/mol. The van der Waals surface area contributed by atoms with Gasteiger partial charge >= 0.3 is 6.03 Å². The van der Waals surface area contributed by atoms with Crippen molar-refractivity contribution < 1.29 is 9.59 Å². The lowest BCUT2D eigenvalue weighted by atomic mass is 10.2. The molecule has 1 saturated heterocycles. The number of thiophene rings is 1. The van der Waals surface area contributed by atoms with E-state index in [9.17, 15) is 9.59 Å². The van der Waals surface area contributed by atoms with Gasteiger partial charge in [-0.1, -0.05) is 12.1 Å². The molecule has 1 aromatic heterocycles. The van der Waals surface area contributed by atoms with Gasteiger partial charge in [-0.2, -0.15) is 0 Å². The van der Waals surface area contributed by atoms with E-state index >= 15 is 0 Å². The molecule has 0 bridgehead atoms. The second kappa shape index (κ2) is 7.70. The van der Waals surface area contributed by atoms with E-state index in [1.165, 1.54) is 11.3 Å². The minimum atomic E-state index is -0.0623. The first-order valence-electron chi connectivity index (χ1n) is 8.53. The Bertz CT molecular complexity index is 759. The summed E-state index contributed by atoms with van der Waals surface area (Å²) >= 11 is 1.51. The van der Waals surface area contributed by atoms with Crippen LogP contribution in [0.15, 0.2) is 30.3 Å². The number of hydrogen-bond acceptors (Lipinski definition) is 3. The number of aryl methyl sites for hydroxylation is 2. The van der Waals surface area contributed by atoms with Crippen molar-refractivity contribution in [1.29, 1.82) is 0 Å². The van der Waals surface area contributed by atoms with E-state index in [1.54, 1.807) is 0 Å². The van der Waals surface area contributed by atoms with Crippen molar-refractivity contribution in [1.82, 2.24) is 10.2 Å². The summed E-state index contributed by atoms with van der Waals surface area (Å²) in [5, 5.41) is 5.87. The highest BCUT2D eigenvalue weighted by molar-refractivity contribution is 7.14. The number of carbonyl (C=O) groups is 2. The van der Waals surface area contributed by atoms with E-state index in [0.29, 0.717) is 6.54 Å². The van der Waals surface area contributed by atoms with Crippen LogP contribution in [-0.4, -0.2) is 29.9 Å². The molecule has 5 nitrogen and oxygen atoms in total. The molecule has 3 amide bonds. The second-order valence-electron chi connectivity index (χ2n) is 6.36. The number of benzene rings is 1. The average molecular weight is 357 g/mol. The molecule has 0 aliphatic carbocycles. The van der Waals surface area contributed by atoms with Crippen LogP contribution in [0.3, 0.4) is 0 Å². The number of rotatable bonds is 4. The van der Waals surface area contributed by atoms with Gasteiger partial charge in [0, 0.05) is 30.2 Å². The molecule has 1 fully saturated rings. The summed E-state index contributed by atoms with van der Waals surface area (Å²) < 4.78 is 0. The summed E-state index contributed by atoms with van der Waals surface area (Å²) in [5.74, 6) is -0.0623. The molecule has 132 valence electrons. The van der Waals surface area contributed by atoms with E-state index in [1.807, 2.05) is 49.1 Å². The van der Waals surface area contributed by atoms with Crippen LogP contribution in [0.2, 0.25) is 0 Å². The number of nitrogens with zero attached hydrogens (tertiary/aromatic N) is 1. The fourth-order valence-electron chi connectivity index (χ4n) is 2.84. The molecule has 2 N–H and O–H groups in total. The quantitative estimate of drug-likeness (QED) is 0.871. The van der Waals surface area contributed by atoms with Crippen LogP contribution < -0.4 is 10.6 Å². The third-order valence-electron chi connectivity index (χ3n) is 4.41. The normalized spacial score (nSPS) is 13.8. The minimum Gasteiger partial charge on any atom is -0.347 e. The maximum absolute atomic E-state index is 12.2. The van der Waals surface area contributed by atoms with Crippen molar-refractivity contribution in [2.75, 3.05) is 18.4 Å². The van der Waals surface area contributed by atoms with Crippen molar-refractivity contribution in [3.8, 4) is 0 Å². The number of hydrogen-bond donors (Lipinski definition) is 2. The van der Waals surface area contributed by atoms with Gasteiger partial charge in [0.25, 0.3) is 5.91 Å². The summed E-state index contributed by atoms with van der Waals surface area (Å²) in [7, 11) is 0. The Kier molecular flexibility index (Phi) is 5.38. The third-order valence-corrected chi connectivity index (χ3v) is 5.57. The van der Waals surface area contributed by atoms with E-state index in [0.717, 1.165) is 52.5 Å². The van der Waals surface area contributed by atoms with Crippen molar-refractivity contribution in [2.45, 2.75) is 33.2 Å². The summed E-state index contributed by atoms with van der Waals surface area (Å²) in [4.78, 5) is 28.1. The van der Waals surface area contributed by atoms with Gasteiger partial charge in [-0.25, -0.2) is 4.79 Å².